The van der Waals surface area contributed by atoms with E-state index in [9.17, 15) is 5.11 Å². The second-order valence-electron chi connectivity index (χ2n) is 10.2. The summed E-state index contributed by atoms with van der Waals surface area (Å²) in [7, 11) is 0. The third kappa shape index (κ3) is 2.01. The molecule has 3 saturated carbocycles. The number of fused-ring (bicyclic) bond motifs is 5. The molecule has 7 atom stereocenters. The molecule has 0 aromatic heterocycles. The molecular formula is C22H35NO. The van der Waals surface area contributed by atoms with Gasteiger partial charge in [0.2, 0.25) is 0 Å². The van der Waals surface area contributed by atoms with Gasteiger partial charge in [0.15, 0.2) is 0 Å². The molecule has 0 saturated heterocycles. The summed E-state index contributed by atoms with van der Waals surface area (Å²) >= 11 is 0. The van der Waals surface area contributed by atoms with Crippen LogP contribution >= 0.6 is 0 Å². The van der Waals surface area contributed by atoms with Gasteiger partial charge in [-0.2, -0.15) is 0 Å². The lowest BCUT2D eigenvalue weighted by Gasteiger charge is -2.63. The van der Waals surface area contributed by atoms with Crippen molar-refractivity contribution in [3.8, 4) is 0 Å². The summed E-state index contributed by atoms with van der Waals surface area (Å²) in [6, 6.07) is 0. The number of aliphatic hydroxyl groups is 1. The highest BCUT2D eigenvalue weighted by molar-refractivity contribution is 5.82. The third-order valence-corrected chi connectivity index (χ3v) is 9.17. The Labute approximate surface area is 147 Å². The Morgan fingerprint density at radius 3 is 2.50 bits per heavy atom. The maximum absolute atomic E-state index is 10.1. The number of hydrogen-bond acceptors (Lipinski definition) is 2. The first-order valence-electron chi connectivity index (χ1n) is 10.1. The standard InChI is InChI=1S/C22H35NO/c1-14(23)17-5-6-18-21(17,3)12-9-19-20(2)11-8-16(24)13-15(20)7-10-22(18,19)4/h7,16-19,23-24H,5-6,8-13H2,1-4H3/t16-,17+,18+,19+,20-,21+,22-/m0/s1. The highest BCUT2D eigenvalue weighted by atomic mass is 16.3. The average Bonchev–Trinajstić information content (AvgIpc) is 2.87. The summed E-state index contributed by atoms with van der Waals surface area (Å²) in [5.74, 6) is 2.03. The van der Waals surface area contributed by atoms with E-state index in [2.05, 4.69) is 26.8 Å². The van der Waals surface area contributed by atoms with Crippen LogP contribution in [0.3, 0.4) is 0 Å². The van der Waals surface area contributed by atoms with Crippen LogP contribution in [0.4, 0.5) is 0 Å². The molecule has 0 radical (unpaired) electrons. The maximum atomic E-state index is 10.1. The van der Waals surface area contributed by atoms with E-state index in [1.165, 1.54) is 32.1 Å². The zero-order valence-electron chi connectivity index (χ0n) is 16.0. The first kappa shape index (κ1) is 16.8. The molecule has 134 valence electrons. The molecule has 4 rings (SSSR count). The molecule has 0 spiro atoms. The fourth-order valence-corrected chi connectivity index (χ4v) is 8.01. The van der Waals surface area contributed by atoms with E-state index in [-0.39, 0.29) is 6.10 Å². The van der Waals surface area contributed by atoms with E-state index < -0.39 is 0 Å². The second-order valence-corrected chi connectivity index (χ2v) is 10.2. The number of rotatable bonds is 1. The van der Waals surface area contributed by atoms with Crippen molar-refractivity contribution in [3.05, 3.63) is 11.6 Å². The normalized spacial score (nSPS) is 53.6. The lowest BCUT2D eigenvalue weighted by Crippen LogP contribution is -2.56. The summed E-state index contributed by atoms with van der Waals surface area (Å²) in [4.78, 5) is 0. The SMILES string of the molecule is CC(=N)[C@H]1CC[C@@H]2[C@]1(C)CC[C@H]1[C@@]2(C)CC=C2C[C@@H](O)CC[C@@]21C. The van der Waals surface area contributed by atoms with E-state index in [1.54, 1.807) is 5.57 Å². The molecule has 2 nitrogen and oxygen atoms in total. The van der Waals surface area contributed by atoms with Crippen LogP contribution in [0, 0.1) is 39.4 Å². The van der Waals surface area contributed by atoms with Gasteiger partial charge >= 0.3 is 0 Å². The van der Waals surface area contributed by atoms with Gasteiger partial charge in [-0.3, -0.25) is 0 Å². The quantitative estimate of drug-likeness (QED) is 0.494. The zero-order valence-corrected chi connectivity index (χ0v) is 16.0. The van der Waals surface area contributed by atoms with Gasteiger partial charge in [-0.15, -0.1) is 0 Å². The predicted molar refractivity (Wildman–Crippen MR) is 99.2 cm³/mol. The minimum Gasteiger partial charge on any atom is -0.393 e. The second kappa shape index (κ2) is 5.19. The van der Waals surface area contributed by atoms with Crippen molar-refractivity contribution in [3.63, 3.8) is 0 Å². The summed E-state index contributed by atoms with van der Waals surface area (Å²) < 4.78 is 0. The van der Waals surface area contributed by atoms with Crippen molar-refractivity contribution >= 4 is 5.71 Å². The first-order chi connectivity index (χ1) is 11.2. The Morgan fingerprint density at radius 1 is 1.04 bits per heavy atom. The summed E-state index contributed by atoms with van der Waals surface area (Å²) in [5.41, 5.74) is 3.52. The van der Waals surface area contributed by atoms with Crippen molar-refractivity contribution in [1.82, 2.24) is 0 Å². The van der Waals surface area contributed by atoms with E-state index >= 15 is 0 Å². The minimum atomic E-state index is -0.112. The predicted octanol–water partition coefficient (Wildman–Crippen LogP) is 5.36. The van der Waals surface area contributed by atoms with E-state index in [1.807, 2.05) is 6.92 Å². The molecule has 4 aliphatic carbocycles. The fraction of sp³-hybridized carbons (Fsp3) is 0.864. The van der Waals surface area contributed by atoms with Crippen LogP contribution in [-0.2, 0) is 0 Å². The van der Waals surface area contributed by atoms with Crippen LogP contribution in [-0.4, -0.2) is 16.9 Å². The monoisotopic (exact) mass is 329 g/mol. The van der Waals surface area contributed by atoms with E-state index in [0.717, 1.165) is 36.8 Å². The summed E-state index contributed by atoms with van der Waals surface area (Å²) in [5, 5.41) is 18.4. The lowest BCUT2D eigenvalue weighted by atomic mass is 9.41. The van der Waals surface area contributed by atoms with Crippen LogP contribution < -0.4 is 0 Å². The summed E-state index contributed by atoms with van der Waals surface area (Å²) in [6.07, 6.45) is 11.8. The van der Waals surface area contributed by atoms with E-state index in [0.29, 0.717) is 22.2 Å². The number of nitrogens with one attached hydrogen (secondary N) is 1. The lowest BCUT2D eigenvalue weighted by molar-refractivity contribution is -0.103. The molecule has 0 aromatic rings. The van der Waals surface area contributed by atoms with Gasteiger partial charge in [-0.05, 0) is 86.4 Å². The highest BCUT2D eigenvalue weighted by Gasteiger charge is 2.63. The molecule has 0 amide bonds. The van der Waals surface area contributed by atoms with Gasteiger partial charge in [0.25, 0.3) is 0 Å². The molecule has 0 aromatic carbocycles. The molecular weight excluding hydrogens is 294 g/mol. The van der Waals surface area contributed by atoms with Gasteiger partial charge in [0.1, 0.15) is 0 Å². The molecule has 0 heterocycles. The van der Waals surface area contributed by atoms with E-state index in [4.69, 9.17) is 5.41 Å². The Balaban J connectivity index is 1.73. The molecule has 2 N–H and O–H groups in total. The third-order valence-electron chi connectivity index (χ3n) is 9.17. The molecule has 0 unspecified atom stereocenters. The molecule has 0 bridgehead atoms. The van der Waals surface area contributed by atoms with Crippen LogP contribution in [0.2, 0.25) is 0 Å². The van der Waals surface area contributed by atoms with Crippen molar-refractivity contribution in [2.75, 3.05) is 0 Å². The Morgan fingerprint density at radius 2 is 1.79 bits per heavy atom. The van der Waals surface area contributed by atoms with Crippen molar-refractivity contribution in [1.29, 1.82) is 5.41 Å². The highest BCUT2D eigenvalue weighted by Crippen LogP contribution is 2.71. The molecule has 4 aliphatic rings. The van der Waals surface area contributed by atoms with Crippen LogP contribution in [0.25, 0.3) is 0 Å². The molecule has 0 aliphatic heterocycles. The minimum absolute atomic E-state index is 0.112. The molecule has 3 fully saturated rings. The van der Waals surface area contributed by atoms with Gasteiger partial charge in [-0.1, -0.05) is 32.4 Å². The molecule has 24 heavy (non-hydrogen) atoms. The Hall–Kier alpha value is -0.630. The number of allylic oxidation sites excluding steroid dienone is 1. The van der Waals surface area contributed by atoms with Gasteiger partial charge in [-0.25, -0.2) is 0 Å². The zero-order chi connectivity index (χ0) is 17.3. The number of hydrogen-bond donors (Lipinski definition) is 2. The van der Waals surface area contributed by atoms with Crippen LogP contribution in [0.15, 0.2) is 11.6 Å². The van der Waals surface area contributed by atoms with Gasteiger partial charge in [0, 0.05) is 11.6 Å². The van der Waals surface area contributed by atoms with Gasteiger partial charge in [0.05, 0.1) is 6.10 Å². The summed E-state index contributed by atoms with van der Waals surface area (Å²) in [6.45, 7) is 9.62. The van der Waals surface area contributed by atoms with Gasteiger partial charge < -0.3 is 10.5 Å². The fourth-order valence-electron chi connectivity index (χ4n) is 8.01. The average molecular weight is 330 g/mol. The van der Waals surface area contributed by atoms with Crippen molar-refractivity contribution in [2.45, 2.75) is 85.2 Å². The van der Waals surface area contributed by atoms with Crippen molar-refractivity contribution < 1.29 is 5.11 Å². The van der Waals surface area contributed by atoms with Crippen LogP contribution in [0.5, 0.6) is 0 Å². The number of aliphatic hydroxyl groups excluding tert-OH is 1. The van der Waals surface area contributed by atoms with Crippen LogP contribution in [0.1, 0.15) is 79.1 Å². The topological polar surface area (TPSA) is 44.1 Å². The molecule has 2 heteroatoms. The Kier molecular flexibility index (Phi) is 3.64. The first-order valence-corrected chi connectivity index (χ1v) is 10.1. The smallest absolute Gasteiger partial charge is 0.0577 e. The largest absolute Gasteiger partial charge is 0.393 e. The van der Waals surface area contributed by atoms with Crippen molar-refractivity contribution in [2.24, 2.45) is 34.0 Å². The maximum Gasteiger partial charge on any atom is 0.0577 e. The Bertz CT molecular complexity index is 595.